The van der Waals surface area contributed by atoms with E-state index in [4.69, 9.17) is 4.74 Å². The van der Waals surface area contributed by atoms with Crippen LogP contribution in [0.15, 0.2) is 43.0 Å². The topological polar surface area (TPSA) is 151 Å². The number of likely N-dealkylation sites (tertiary alicyclic amines) is 1. The standard InChI is InChI=1S/C33H48N4O7/c1-8-9-16-24(26(39)29(41)34-19-18-23(38)21-22-14-11-10-12-15-22)35-28(40)25-17-13-20-37(25)30(42)27(32(2,3)4)36-31(43)44-33(5,6)7/h8,10-12,14-15,24-25,27H,1,9,13,16-21H2,2-7H3,(H,34,41)(H,35,40)(H,36,43)/t24?,25-,27?/m0/s1. The second kappa shape index (κ2) is 16.2. The predicted molar refractivity (Wildman–Crippen MR) is 166 cm³/mol. The molecule has 0 aliphatic carbocycles. The van der Waals surface area contributed by atoms with Gasteiger partial charge >= 0.3 is 6.09 Å². The van der Waals surface area contributed by atoms with Crippen molar-refractivity contribution in [2.75, 3.05) is 13.1 Å². The molecule has 2 unspecified atom stereocenters. The molecule has 1 aromatic carbocycles. The number of amides is 4. The highest BCUT2D eigenvalue weighted by Gasteiger charge is 2.43. The van der Waals surface area contributed by atoms with Crippen molar-refractivity contribution < 1.29 is 33.5 Å². The normalized spacial score (nSPS) is 16.3. The number of benzene rings is 1. The third-order valence-electron chi connectivity index (χ3n) is 7.06. The van der Waals surface area contributed by atoms with E-state index in [0.717, 1.165) is 5.56 Å². The van der Waals surface area contributed by atoms with Gasteiger partial charge in [-0.15, -0.1) is 6.58 Å². The van der Waals surface area contributed by atoms with E-state index >= 15 is 0 Å². The Balaban J connectivity index is 2.05. The van der Waals surface area contributed by atoms with Crippen LogP contribution in [0.25, 0.3) is 0 Å². The van der Waals surface area contributed by atoms with Crippen LogP contribution in [0.3, 0.4) is 0 Å². The first-order valence-corrected chi connectivity index (χ1v) is 15.1. The van der Waals surface area contributed by atoms with Crippen molar-refractivity contribution in [1.82, 2.24) is 20.9 Å². The molecule has 0 spiro atoms. The smallest absolute Gasteiger partial charge is 0.408 e. The molecule has 1 fully saturated rings. The lowest BCUT2D eigenvalue weighted by Crippen LogP contribution is -2.59. The van der Waals surface area contributed by atoms with Gasteiger partial charge in [0, 0.05) is 25.9 Å². The highest BCUT2D eigenvalue weighted by molar-refractivity contribution is 6.38. The number of nitrogens with one attached hydrogen (secondary N) is 3. The van der Waals surface area contributed by atoms with Crippen LogP contribution in [0.5, 0.6) is 0 Å². The van der Waals surface area contributed by atoms with Gasteiger partial charge in [0.05, 0.1) is 6.04 Å². The van der Waals surface area contributed by atoms with Gasteiger partial charge in [0.1, 0.15) is 23.5 Å². The van der Waals surface area contributed by atoms with Crippen molar-refractivity contribution in [3.8, 4) is 0 Å². The molecule has 0 saturated carbocycles. The molecule has 242 valence electrons. The minimum Gasteiger partial charge on any atom is -0.444 e. The van der Waals surface area contributed by atoms with Gasteiger partial charge in [0.15, 0.2) is 0 Å². The molecule has 11 nitrogen and oxygen atoms in total. The number of ether oxygens (including phenoxy) is 1. The number of rotatable bonds is 14. The molecule has 44 heavy (non-hydrogen) atoms. The monoisotopic (exact) mass is 612 g/mol. The Morgan fingerprint density at radius 1 is 1.02 bits per heavy atom. The van der Waals surface area contributed by atoms with Crippen molar-refractivity contribution in [3.63, 3.8) is 0 Å². The molecule has 4 amide bonds. The number of ketones is 2. The molecule has 3 N–H and O–H groups in total. The Bertz CT molecular complexity index is 1200. The fourth-order valence-corrected chi connectivity index (χ4v) is 4.84. The second-order valence-corrected chi connectivity index (χ2v) is 13.1. The lowest BCUT2D eigenvalue weighted by Gasteiger charge is -2.36. The van der Waals surface area contributed by atoms with E-state index in [9.17, 15) is 28.8 Å². The van der Waals surface area contributed by atoms with Crippen LogP contribution in [0.2, 0.25) is 0 Å². The molecule has 11 heteroatoms. The van der Waals surface area contributed by atoms with E-state index < -0.39 is 58.7 Å². The largest absolute Gasteiger partial charge is 0.444 e. The Hall–Kier alpha value is -4.02. The minimum absolute atomic E-state index is 0.0118. The summed E-state index contributed by atoms with van der Waals surface area (Å²) >= 11 is 0. The number of carbonyl (C=O) groups excluding carboxylic acids is 6. The van der Waals surface area contributed by atoms with E-state index in [-0.39, 0.29) is 31.6 Å². The third kappa shape index (κ3) is 11.6. The van der Waals surface area contributed by atoms with Crippen molar-refractivity contribution in [2.24, 2.45) is 5.41 Å². The van der Waals surface area contributed by atoms with E-state index in [2.05, 4.69) is 22.5 Å². The summed E-state index contributed by atoms with van der Waals surface area (Å²) in [6.07, 6.45) is 2.53. The summed E-state index contributed by atoms with van der Waals surface area (Å²) in [7, 11) is 0. The van der Waals surface area contributed by atoms with Crippen LogP contribution in [-0.2, 0) is 35.1 Å². The molecule has 0 aromatic heterocycles. The molecule has 0 radical (unpaired) electrons. The molecule has 1 aliphatic rings. The number of nitrogens with zero attached hydrogens (tertiary/aromatic N) is 1. The summed E-state index contributed by atoms with van der Waals surface area (Å²) in [5.74, 6) is -2.82. The lowest BCUT2D eigenvalue weighted by molar-refractivity contribution is -0.144. The maximum Gasteiger partial charge on any atom is 0.408 e. The van der Waals surface area contributed by atoms with Gasteiger partial charge in [0.2, 0.25) is 17.6 Å². The lowest BCUT2D eigenvalue weighted by atomic mass is 9.85. The summed E-state index contributed by atoms with van der Waals surface area (Å²) in [4.78, 5) is 79.2. The van der Waals surface area contributed by atoms with Gasteiger partial charge < -0.3 is 25.6 Å². The quantitative estimate of drug-likeness (QED) is 0.216. The fourth-order valence-electron chi connectivity index (χ4n) is 4.84. The molecule has 0 bridgehead atoms. The summed E-state index contributed by atoms with van der Waals surface area (Å²) in [6, 6.07) is 6.22. The molecule has 1 aromatic rings. The van der Waals surface area contributed by atoms with Gasteiger partial charge in [-0.05, 0) is 57.4 Å². The zero-order chi connectivity index (χ0) is 33.1. The van der Waals surface area contributed by atoms with Crippen molar-refractivity contribution in [2.45, 2.75) is 104 Å². The number of carbonyl (C=O) groups is 6. The van der Waals surface area contributed by atoms with Gasteiger partial charge in [0.25, 0.3) is 5.91 Å². The van der Waals surface area contributed by atoms with Gasteiger partial charge in [-0.1, -0.05) is 57.2 Å². The SMILES string of the molecule is C=CCCC(NC(=O)[C@@H]1CCCN1C(=O)C(NC(=O)OC(C)(C)C)C(C)(C)C)C(=O)C(=O)NCCC(=O)Cc1ccccc1. The zero-order valence-corrected chi connectivity index (χ0v) is 26.9. The van der Waals surface area contributed by atoms with Gasteiger partial charge in [-0.2, -0.15) is 0 Å². The molecular formula is C33H48N4O7. The molecule has 2 rings (SSSR count). The van der Waals surface area contributed by atoms with Crippen molar-refractivity contribution >= 4 is 35.4 Å². The fraction of sp³-hybridized carbons (Fsp3) is 0.576. The second-order valence-electron chi connectivity index (χ2n) is 13.1. The number of allylic oxidation sites excluding steroid dienone is 1. The van der Waals surface area contributed by atoms with E-state index in [0.29, 0.717) is 25.8 Å². The Morgan fingerprint density at radius 3 is 2.27 bits per heavy atom. The van der Waals surface area contributed by atoms with Crippen LogP contribution in [0.4, 0.5) is 4.79 Å². The number of Topliss-reactive ketones (excluding diaryl/α,β-unsaturated/α-hetero) is 2. The van der Waals surface area contributed by atoms with Crippen LogP contribution >= 0.6 is 0 Å². The van der Waals surface area contributed by atoms with E-state index in [1.807, 2.05) is 30.3 Å². The third-order valence-corrected chi connectivity index (χ3v) is 7.06. The molecular weight excluding hydrogens is 564 g/mol. The molecule has 3 atom stereocenters. The number of hydrogen-bond donors (Lipinski definition) is 3. The first-order valence-electron chi connectivity index (χ1n) is 15.1. The van der Waals surface area contributed by atoms with Crippen LogP contribution in [0, 0.1) is 5.41 Å². The number of alkyl carbamates (subject to hydrolysis) is 1. The maximum absolute atomic E-state index is 13.7. The average molecular weight is 613 g/mol. The first kappa shape index (κ1) is 36.2. The predicted octanol–water partition coefficient (Wildman–Crippen LogP) is 3.26. The Labute approximate surface area is 260 Å². The highest BCUT2D eigenvalue weighted by atomic mass is 16.6. The Kier molecular flexibility index (Phi) is 13.3. The van der Waals surface area contributed by atoms with Crippen LogP contribution < -0.4 is 16.0 Å². The van der Waals surface area contributed by atoms with E-state index in [1.54, 1.807) is 47.6 Å². The minimum atomic E-state index is -1.14. The van der Waals surface area contributed by atoms with Gasteiger partial charge in [-0.25, -0.2) is 4.79 Å². The van der Waals surface area contributed by atoms with Gasteiger partial charge in [-0.3, -0.25) is 24.0 Å². The molecule has 1 aliphatic heterocycles. The van der Waals surface area contributed by atoms with Crippen LogP contribution in [0.1, 0.15) is 79.2 Å². The summed E-state index contributed by atoms with van der Waals surface area (Å²) in [6.45, 7) is 14.5. The van der Waals surface area contributed by atoms with Crippen molar-refractivity contribution in [3.05, 3.63) is 48.6 Å². The van der Waals surface area contributed by atoms with Crippen molar-refractivity contribution in [1.29, 1.82) is 0 Å². The summed E-state index contributed by atoms with van der Waals surface area (Å²) in [5.41, 5.74) is -0.593. The maximum atomic E-state index is 13.7. The summed E-state index contributed by atoms with van der Waals surface area (Å²) in [5, 5.41) is 7.83. The molecule has 1 saturated heterocycles. The zero-order valence-electron chi connectivity index (χ0n) is 26.9. The average Bonchev–Trinajstić information content (AvgIpc) is 3.42. The highest BCUT2D eigenvalue weighted by Crippen LogP contribution is 2.26. The summed E-state index contributed by atoms with van der Waals surface area (Å²) < 4.78 is 5.35. The van der Waals surface area contributed by atoms with E-state index in [1.165, 1.54) is 4.90 Å². The number of hydrogen-bond acceptors (Lipinski definition) is 7. The molecule has 1 heterocycles. The van der Waals surface area contributed by atoms with Crippen LogP contribution in [-0.4, -0.2) is 77.1 Å². The Morgan fingerprint density at radius 2 is 1.68 bits per heavy atom. The first-order chi connectivity index (χ1) is 20.5.